The monoisotopic (exact) mass is 230 g/mol. The van der Waals surface area contributed by atoms with E-state index >= 15 is 0 Å². The Morgan fingerprint density at radius 2 is 2.00 bits per heavy atom. The van der Waals surface area contributed by atoms with E-state index in [1.165, 1.54) is 0 Å². The fourth-order valence-electron chi connectivity index (χ4n) is 1.87. The number of nitrogens with zero attached hydrogens (tertiary/aromatic N) is 1. The van der Waals surface area contributed by atoms with Gasteiger partial charge in [-0.05, 0) is 50.6 Å². The van der Waals surface area contributed by atoms with Crippen molar-refractivity contribution in [1.29, 1.82) is 0 Å². The number of ether oxygens (including phenoxy) is 1. The number of aromatic nitrogens is 1. The molecule has 3 heteroatoms. The molecule has 0 amide bonds. The maximum absolute atomic E-state index is 5.25. The van der Waals surface area contributed by atoms with Crippen LogP contribution in [0.1, 0.15) is 19.4 Å². The van der Waals surface area contributed by atoms with E-state index in [4.69, 9.17) is 4.74 Å². The molecule has 0 aliphatic heterocycles. The molecular weight excluding hydrogens is 212 g/mol. The van der Waals surface area contributed by atoms with E-state index in [1.54, 1.807) is 7.11 Å². The minimum Gasteiger partial charge on any atom is -0.497 e. The van der Waals surface area contributed by atoms with Crippen molar-refractivity contribution in [1.82, 2.24) is 4.98 Å². The molecule has 0 fully saturated rings. The van der Waals surface area contributed by atoms with Gasteiger partial charge in [0.05, 0.1) is 12.6 Å². The highest BCUT2D eigenvalue weighted by Gasteiger charge is 2.04. The maximum Gasteiger partial charge on any atom is 0.126 e. The third kappa shape index (κ3) is 2.49. The molecule has 90 valence electrons. The molecule has 0 bridgehead atoms. The summed E-state index contributed by atoms with van der Waals surface area (Å²) in [5.74, 6) is 1.79. The van der Waals surface area contributed by atoms with Crippen LogP contribution in [0, 0.1) is 6.92 Å². The second-order valence-electron chi connectivity index (χ2n) is 4.51. The van der Waals surface area contributed by atoms with Gasteiger partial charge in [-0.3, -0.25) is 0 Å². The van der Waals surface area contributed by atoms with Gasteiger partial charge in [-0.1, -0.05) is 0 Å². The molecule has 0 aliphatic carbocycles. The summed E-state index contributed by atoms with van der Waals surface area (Å²) in [6, 6.07) is 8.48. The topological polar surface area (TPSA) is 34.1 Å². The molecule has 0 spiro atoms. The van der Waals surface area contributed by atoms with Crippen LogP contribution in [0.5, 0.6) is 5.75 Å². The first-order chi connectivity index (χ1) is 8.10. The first-order valence-electron chi connectivity index (χ1n) is 5.82. The Labute approximate surface area is 102 Å². The number of pyridine rings is 1. The average Bonchev–Trinajstić information content (AvgIpc) is 2.29. The van der Waals surface area contributed by atoms with Gasteiger partial charge in [0.25, 0.3) is 0 Å². The summed E-state index contributed by atoms with van der Waals surface area (Å²) in [6.45, 7) is 6.26. The molecule has 2 aromatic rings. The molecule has 0 atom stereocenters. The number of aryl methyl sites for hydroxylation is 1. The molecule has 1 aromatic heterocycles. The standard InChI is InChI=1S/C14H18N2O/c1-9(2)15-13-6-5-11-8-12(17-4)7-10(3)14(11)16-13/h5-9H,1-4H3,(H,15,16). The fourth-order valence-corrected chi connectivity index (χ4v) is 1.87. The number of hydrogen-bond acceptors (Lipinski definition) is 3. The van der Waals surface area contributed by atoms with Gasteiger partial charge in [0.1, 0.15) is 11.6 Å². The second kappa shape index (κ2) is 4.62. The Bertz CT molecular complexity index is 535. The van der Waals surface area contributed by atoms with Crippen molar-refractivity contribution in [3.63, 3.8) is 0 Å². The van der Waals surface area contributed by atoms with Gasteiger partial charge < -0.3 is 10.1 Å². The zero-order valence-corrected chi connectivity index (χ0v) is 10.7. The van der Waals surface area contributed by atoms with Crippen molar-refractivity contribution >= 4 is 16.7 Å². The number of rotatable bonds is 3. The highest BCUT2D eigenvalue weighted by Crippen LogP contribution is 2.24. The van der Waals surface area contributed by atoms with Crippen molar-refractivity contribution < 1.29 is 4.74 Å². The number of methoxy groups -OCH3 is 1. The summed E-state index contributed by atoms with van der Waals surface area (Å²) in [4.78, 5) is 4.62. The van der Waals surface area contributed by atoms with Gasteiger partial charge in [-0.15, -0.1) is 0 Å². The number of anilines is 1. The Morgan fingerprint density at radius 1 is 1.24 bits per heavy atom. The lowest BCUT2D eigenvalue weighted by Gasteiger charge is -2.11. The van der Waals surface area contributed by atoms with Crippen molar-refractivity contribution in [2.75, 3.05) is 12.4 Å². The van der Waals surface area contributed by atoms with Gasteiger partial charge in [0.15, 0.2) is 0 Å². The summed E-state index contributed by atoms with van der Waals surface area (Å²) >= 11 is 0. The molecule has 17 heavy (non-hydrogen) atoms. The van der Waals surface area contributed by atoms with E-state index < -0.39 is 0 Å². The Balaban J connectivity index is 2.50. The van der Waals surface area contributed by atoms with Crippen LogP contribution in [0.2, 0.25) is 0 Å². The number of hydrogen-bond donors (Lipinski definition) is 1. The van der Waals surface area contributed by atoms with Crippen LogP contribution in [0.3, 0.4) is 0 Å². The summed E-state index contributed by atoms with van der Waals surface area (Å²) in [7, 11) is 1.68. The van der Waals surface area contributed by atoms with Crippen LogP contribution in [-0.4, -0.2) is 18.1 Å². The van der Waals surface area contributed by atoms with Gasteiger partial charge >= 0.3 is 0 Å². The molecule has 0 radical (unpaired) electrons. The first kappa shape index (κ1) is 11.7. The Morgan fingerprint density at radius 3 is 2.65 bits per heavy atom. The van der Waals surface area contributed by atoms with E-state index in [2.05, 4.69) is 37.1 Å². The Kier molecular flexibility index (Phi) is 3.18. The molecular formula is C14H18N2O. The van der Waals surface area contributed by atoms with Crippen molar-refractivity contribution in [2.24, 2.45) is 0 Å². The minimum atomic E-state index is 0.388. The quantitative estimate of drug-likeness (QED) is 0.877. The van der Waals surface area contributed by atoms with Crippen LogP contribution in [-0.2, 0) is 0 Å². The third-order valence-electron chi connectivity index (χ3n) is 2.63. The highest BCUT2D eigenvalue weighted by atomic mass is 16.5. The summed E-state index contributed by atoms with van der Waals surface area (Å²) < 4.78 is 5.25. The predicted molar refractivity (Wildman–Crippen MR) is 71.8 cm³/mol. The second-order valence-corrected chi connectivity index (χ2v) is 4.51. The van der Waals surface area contributed by atoms with Crippen LogP contribution >= 0.6 is 0 Å². The summed E-state index contributed by atoms with van der Waals surface area (Å²) in [6.07, 6.45) is 0. The highest BCUT2D eigenvalue weighted by molar-refractivity contribution is 5.84. The lowest BCUT2D eigenvalue weighted by atomic mass is 10.1. The Hall–Kier alpha value is -1.77. The van der Waals surface area contributed by atoms with Crippen LogP contribution < -0.4 is 10.1 Å². The van der Waals surface area contributed by atoms with E-state index in [-0.39, 0.29) is 0 Å². The fraction of sp³-hybridized carbons (Fsp3) is 0.357. The van der Waals surface area contributed by atoms with E-state index in [1.807, 2.05) is 18.2 Å². The summed E-state index contributed by atoms with van der Waals surface area (Å²) in [5, 5.41) is 4.42. The van der Waals surface area contributed by atoms with Gasteiger partial charge in [-0.25, -0.2) is 4.98 Å². The molecule has 0 saturated heterocycles. The first-order valence-corrected chi connectivity index (χ1v) is 5.82. The smallest absolute Gasteiger partial charge is 0.126 e. The average molecular weight is 230 g/mol. The molecule has 0 saturated carbocycles. The lowest BCUT2D eigenvalue weighted by molar-refractivity contribution is 0.415. The number of fused-ring (bicyclic) bond motifs is 1. The molecule has 1 N–H and O–H groups in total. The van der Waals surface area contributed by atoms with Crippen LogP contribution in [0.4, 0.5) is 5.82 Å². The molecule has 1 heterocycles. The zero-order valence-electron chi connectivity index (χ0n) is 10.7. The van der Waals surface area contributed by atoms with Gasteiger partial charge in [-0.2, -0.15) is 0 Å². The molecule has 2 rings (SSSR count). The minimum absolute atomic E-state index is 0.388. The zero-order chi connectivity index (χ0) is 12.4. The largest absolute Gasteiger partial charge is 0.497 e. The van der Waals surface area contributed by atoms with Crippen molar-refractivity contribution in [3.8, 4) is 5.75 Å². The van der Waals surface area contributed by atoms with Crippen LogP contribution in [0.15, 0.2) is 24.3 Å². The van der Waals surface area contributed by atoms with E-state index in [9.17, 15) is 0 Å². The lowest BCUT2D eigenvalue weighted by Crippen LogP contribution is -2.10. The normalized spacial score (nSPS) is 10.9. The molecule has 1 aromatic carbocycles. The molecule has 3 nitrogen and oxygen atoms in total. The maximum atomic E-state index is 5.25. The van der Waals surface area contributed by atoms with Crippen LogP contribution in [0.25, 0.3) is 10.9 Å². The number of benzene rings is 1. The van der Waals surface area contributed by atoms with Gasteiger partial charge in [0.2, 0.25) is 0 Å². The molecule has 0 aliphatic rings. The predicted octanol–water partition coefficient (Wildman–Crippen LogP) is 3.37. The van der Waals surface area contributed by atoms with E-state index in [0.29, 0.717) is 6.04 Å². The SMILES string of the molecule is COc1cc(C)c2nc(NC(C)C)ccc2c1. The van der Waals surface area contributed by atoms with Gasteiger partial charge in [0, 0.05) is 11.4 Å². The van der Waals surface area contributed by atoms with E-state index in [0.717, 1.165) is 28.0 Å². The molecule has 0 unspecified atom stereocenters. The van der Waals surface area contributed by atoms with Crippen molar-refractivity contribution in [2.45, 2.75) is 26.8 Å². The summed E-state index contributed by atoms with van der Waals surface area (Å²) in [5.41, 5.74) is 2.16. The van der Waals surface area contributed by atoms with Crippen molar-refractivity contribution in [3.05, 3.63) is 29.8 Å². The number of nitrogens with one attached hydrogen (secondary N) is 1. The third-order valence-corrected chi connectivity index (χ3v) is 2.63.